The van der Waals surface area contributed by atoms with E-state index in [-0.39, 0.29) is 17.1 Å². The molecule has 10 nitrogen and oxygen atoms in total. The van der Waals surface area contributed by atoms with Crippen molar-refractivity contribution in [3.8, 4) is 17.3 Å². The summed E-state index contributed by atoms with van der Waals surface area (Å²) in [6, 6.07) is 6.42. The summed E-state index contributed by atoms with van der Waals surface area (Å²) in [5.74, 6) is -5.28. The number of aromatic hydroxyl groups is 2. The van der Waals surface area contributed by atoms with E-state index in [0.717, 1.165) is 42.2 Å². The van der Waals surface area contributed by atoms with Gasteiger partial charge in [0.05, 0.1) is 5.69 Å². The second kappa shape index (κ2) is 10.2. The highest BCUT2D eigenvalue weighted by molar-refractivity contribution is 6.05. The predicted molar refractivity (Wildman–Crippen MR) is 128 cm³/mol. The van der Waals surface area contributed by atoms with Crippen LogP contribution < -0.4 is 16.2 Å². The van der Waals surface area contributed by atoms with Gasteiger partial charge in [0.15, 0.2) is 5.75 Å². The van der Waals surface area contributed by atoms with Crippen LogP contribution >= 0.6 is 0 Å². The average molecular weight is 486 g/mol. The van der Waals surface area contributed by atoms with E-state index in [2.05, 4.69) is 5.32 Å². The number of aliphatic carboxylic acids is 1. The fourth-order valence-electron chi connectivity index (χ4n) is 4.16. The fourth-order valence-corrected chi connectivity index (χ4v) is 4.16. The Morgan fingerprint density at radius 1 is 0.971 bits per heavy atom. The summed E-state index contributed by atoms with van der Waals surface area (Å²) in [5, 5.41) is 35.3. The zero-order valence-corrected chi connectivity index (χ0v) is 20.1. The maximum atomic E-state index is 13.4. The molecule has 35 heavy (non-hydrogen) atoms. The van der Waals surface area contributed by atoms with Crippen molar-refractivity contribution < 1.29 is 29.7 Å². The number of nitrogens with zero attached hydrogens (tertiary/aromatic N) is 1. The van der Waals surface area contributed by atoms with E-state index in [1.807, 2.05) is 26.1 Å². The van der Waals surface area contributed by atoms with Crippen LogP contribution in [0.15, 0.2) is 29.1 Å². The van der Waals surface area contributed by atoms with Crippen molar-refractivity contribution in [1.29, 1.82) is 0 Å². The first-order chi connectivity index (χ1) is 16.4. The minimum absolute atomic E-state index is 0.166. The van der Waals surface area contributed by atoms with Gasteiger partial charge in [0.1, 0.15) is 17.7 Å². The van der Waals surface area contributed by atoms with Gasteiger partial charge in [-0.15, -0.1) is 0 Å². The van der Waals surface area contributed by atoms with E-state index in [1.54, 1.807) is 24.3 Å². The molecule has 0 bridgehead atoms. The van der Waals surface area contributed by atoms with Gasteiger partial charge >= 0.3 is 5.97 Å². The Balaban J connectivity index is 2.16. The van der Waals surface area contributed by atoms with Crippen LogP contribution in [0.25, 0.3) is 5.69 Å². The van der Waals surface area contributed by atoms with Crippen LogP contribution in [0.3, 0.4) is 0 Å². The highest BCUT2D eigenvalue weighted by Gasteiger charge is 2.31. The molecule has 3 rings (SSSR count). The van der Waals surface area contributed by atoms with Crippen molar-refractivity contribution in [3.05, 3.63) is 51.3 Å². The van der Waals surface area contributed by atoms with Gasteiger partial charge in [0.25, 0.3) is 17.4 Å². The lowest BCUT2D eigenvalue weighted by Crippen LogP contribution is -2.40. The zero-order chi connectivity index (χ0) is 25.9. The summed E-state index contributed by atoms with van der Waals surface area (Å²) in [6.07, 6.45) is 4.32. The first-order valence-corrected chi connectivity index (χ1v) is 11.5. The second-order valence-electron chi connectivity index (χ2n) is 9.74. The number of hydrogen-bond donors (Lipinski definition) is 5. The summed E-state index contributed by atoms with van der Waals surface area (Å²) >= 11 is 0. The molecule has 1 aliphatic rings. The highest BCUT2D eigenvalue weighted by Crippen LogP contribution is 2.31. The molecule has 1 saturated carbocycles. The van der Waals surface area contributed by atoms with Crippen molar-refractivity contribution >= 4 is 17.8 Å². The summed E-state index contributed by atoms with van der Waals surface area (Å²) in [7, 11) is 0. The van der Waals surface area contributed by atoms with Gasteiger partial charge in [-0.05, 0) is 36.0 Å². The number of aromatic nitrogens is 1. The van der Waals surface area contributed by atoms with Gasteiger partial charge < -0.3 is 26.0 Å². The quantitative estimate of drug-likeness (QED) is 0.420. The van der Waals surface area contributed by atoms with Crippen molar-refractivity contribution in [1.82, 2.24) is 15.2 Å². The summed E-state index contributed by atoms with van der Waals surface area (Å²) in [4.78, 5) is 50.0. The maximum Gasteiger partial charge on any atom is 0.322 e. The number of pyridine rings is 1. The number of amides is 2. The lowest BCUT2D eigenvalue weighted by atomic mass is 9.87. The molecule has 0 saturated heterocycles. The Kier molecular flexibility index (Phi) is 7.52. The lowest BCUT2D eigenvalue weighted by molar-refractivity contribution is -0.135. The number of carbonyl (C=O) groups is 3. The first kappa shape index (κ1) is 25.8. The number of carboxylic acid groups (broad SMARTS) is 1. The van der Waals surface area contributed by atoms with Gasteiger partial charge in [-0.2, -0.15) is 0 Å². The number of hydrogen-bond acceptors (Lipinski definition) is 6. The molecule has 0 unspecified atom stereocenters. The summed E-state index contributed by atoms with van der Waals surface area (Å²) in [6.45, 7) is 5.22. The van der Waals surface area contributed by atoms with Gasteiger partial charge in [-0.1, -0.05) is 52.2 Å². The van der Waals surface area contributed by atoms with Crippen LogP contribution in [0.4, 0.5) is 0 Å². The minimum Gasteiger partial charge on any atom is -0.506 e. The molecule has 1 aromatic carbocycles. The second-order valence-corrected chi connectivity index (χ2v) is 9.74. The largest absolute Gasteiger partial charge is 0.506 e. The molecule has 2 aromatic rings. The Bertz CT molecular complexity index is 1190. The van der Waals surface area contributed by atoms with E-state index < -0.39 is 52.6 Å². The van der Waals surface area contributed by atoms with Gasteiger partial charge in [0.2, 0.25) is 5.88 Å². The highest BCUT2D eigenvalue weighted by atomic mass is 16.4. The number of carboxylic acids is 1. The molecule has 0 aliphatic heterocycles. The molecular formula is C25H31N3O7. The molecular weight excluding hydrogens is 454 g/mol. The van der Waals surface area contributed by atoms with Crippen molar-refractivity contribution in [3.63, 3.8) is 0 Å². The van der Waals surface area contributed by atoms with Crippen LogP contribution in [0.5, 0.6) is 11.6 Å². The SMILES string of the molecule is CC(C)(C)c1ccc(-n2c(O)c(C(=O)NCC(=O)O)c(O)c(C(=O)NC3CCCCC3)c2=O)cc1. The van der Waals surface area contributed by atoms with Crippen LogP contribution in [-0.4, -0.2) is 50.3 Å². The molecule has 1 aromatic heterocycles. The Morgan fingerprint density at radius 2 is 1.57 bits per heavy atom. The van der Waals surface area contributed by atoms with Gasteiger partial charge in [0, 0.05) is 6.04 Å². The van der Waals surface area contributed by atoms with Crippen molar-refractivity contribution in [2.75, 3.05) is 6.54 Å². The third-order valence-corrected chi connectivity index (χ3v) is 6.11. The van der Waals surface area contributed by atoms with Crippen molar-refractivity contribution in [2.24, 2.45) is 0 Å². The fraction of sp³-hybridized carbons (Fsp3) is 0.440. The number of carbonyl (C=O) groups excluding carboxylic acids is 2. The molecule has 5 N–H and O–H groups in total. The van der Waals surface area contributed by atoms with E-state index in [9.17, 15) is 29.4 Å². The van der Waals surface area contributed by atoms with Gasteiger partial charge in [-0.3, -0.25) is 19.2 Å². The average Bonchev–Trinajstić information content (AvgIpc) is 2.78. The number of benzene rings is 1. The molecule has 0 atom stereocenters. The maximum absolute atomic E-state index is 13.4. The summed E-state index contributed by atoms with van der Waals surface area (Å²) in [5.41, 5.74) is -1.55. The molecule has 2 amide bonds. The molecule has 0 spiro atoms. The van der Waals surface area contributed by atoms with E-state index in [1.165, 1.54) is 0 Å². The number of rotatable bonds is 6. The standard InChI is InChI=1S/C25H31N3O7/c1-25(2,3)14-9-11-16(12-10-14)28-23(34)18(21(32)26-13-17(29)30)20(31)19(24(28)35)22(33)27-15-7-5-4-6-8-15/h9-12,15,31,34H,4-8,13H2,1-3H3,(H,26,32)(H,27,33)(H,29,30). The predicted octanol–water partition coefficient (Wildman–Crippen LogP) is 2.42. The Labute approximate surface area is 202 Å². The third kappa shape index (κ3) is 5.64. The molecule has 1 heterocycles. The molecule has 0 radical (unpaired) electrons. The molecule has 188 valence electrons. The van der Waals surface area contributed by atoms with Crippen LogP contribution in [0.1, 0.15) is 79.2 Å². The normalized spacial score (nSPS) is 14.4. The third-order valence-electron chi connectivity index (χ3n) is 6.11. The van der Waals surface area contributed by atoms with E-state index >= 15 is 0 Å². The van der Waals surface area contributed by atoms with Crippen LogP contribution in [0, 0.1) is 0 Å². The summed E-state index contributed by atoms with van der Waals surface area (Å²) < 4.78 is 0.762. The first-order valence-electron chi connectivity index (χ1n) is 11.5. The lowest BCUT2D eigenvalue weighted by Gasteiger charge is -2.23. The minimum atomic E-state index is -1.35. The number of nitrogens with one attached hydrogen (secondary N) is 2. The smallest absolute Gasteiger partial charge is 0.322 e. The van der Waals surface area contributed by atoms with Crippen LogP contribution in [-0.2, 0) is 10.2 Å². The Morgan fingerprint density at radius 3 is 2.11 bits per heavy atom. The van der Waals surface area contributed by atoms with Crippen LogP contribution in [0.2, 0.25) is 0 Å². The molecule has 1 fully saturated rings. The topological polar surface area (TPSA) is 158 Å². The van der Waals surface area contributed by atoms with E-state index in [0.29, 0.717) is 0 Å². The van der Waals surface area contributed by atoms with Gasteiger partial charge in [-0.25, -0.2) is 4.57 Å². The molecule has 10 heteroatoms. The van der Waals surface area contributed by atoms with E-state index in [4.69, 9.17) is 5.11 Å². The molecule has 1 aliphatic carbocycles. The van der Waals surface area contributed by atoms with Crippen molar-refractivity contribution in [2.45, 2.75) is 64.3 Å². The zero-order valence-electron chi connectivity index (χ0n) is 20.1. The monoisotopic (exact) mass is 485 g/mol. The Hall–Kier alpha value is -3.82.